The Morgan fingerprint density at radius 1 is 0.577 bits per heavy atom. The van der Waals surface area contributed by atoms with Crippen LogP contribution in [0.15, 0.2) is 177 Å². The molecule has 0 aliphatic heterocycles. The van der Waals surface area contributed by atoms with Gasteiger partial charge in [0, 0.05) is 33.8 Å². The summed E-state index contributed by atoms with van der Waals surface area (Å²) in [5.74, 6) is 1.04. The normalized spacial score (nSPS) is 12.6. The molecule has 0 N–H and O–H groups in total. The highest BCUT2D eigenvalue weighted by Gasteiger charge is 2.18. The van der Waals surface area contributed by atoms with E-state index in [1.165, 1.54) is 21.9 Å². The lowest BCUT2D eigenvalue weighted by Gasteiger charge is -2.28. The van der Waals surface area contributed by atoms with Crippen molar-refractivity contribution in [1.82, 2.24) is 0 Å². The van der Waals surface area contributed by atoms with E-state index in [0.717, 1.165) is 58.1 Å². The van der Waals surface area contributed by atoms with Crippen molar-refractivity contribution in [1.29, 1.82) is 0 Å². The fraction of sp³-hybridized carbons (Fsp3) is 0.160. The highest BCUT2D eigenvalue weighted by Crippen LogP contribution is 2.41. The summed E-state index contributed by atoms with van der Waals surface area (Å²) >= 11 is 0. The maximum atomic E-state index is 4.58. The molecule has 2 unspecified atom stereocenters. The van der Waals surface area contributed by atoms with Crippen LogP contribution in [-0.2, 0) is 0 Å². The minimum absolute atomic E-state index is 0.521. The summed E-state index contributed by atoms with van der Waals surface area (Å²) in [5.41, 5.74) is 11.4. The zero-order chi connectivity index (χ0) is 36.5. The predicted molar refractivity (Wildman–Crippen MR) is 228 cm³/mol. The monoisotopic (exact) mass is 678 g/mol. The van der Waals surface area contributed by atoms with Gasteiger partial charge in [-0.2, -0.15) is 0 Å². The van der Waals surface area contributed by atoms with Gasteiger partial charge in [0.1, 0.15) is 0 Å². The third kappa shape index (κ3) is 7.87. The van der Waals surface area contributed by atoms with Gasteiger partial charge in [0.25, 0.3) is 0 Å². The maximum absolute atomic E-state index is 4.58. The number of rotatable bonds is 14. The average molecular weight is 679 g/mol. The Bertz CT molecular complexity index is 2160. The number of hydrogen-bond acceptors (Lipinski definition) is 2. The lowest BCUT2D eigenvalue weighted by atomic mass is 9.95. The number of anilines is 5. The molecule has 0 aliphatic rings. The molecule has 0 fully saturated rings. The summed E-state index contributed by atoms with van der Waals surface area (Å²) in [6.07, 6.45) is 12.6. The number of fused-ring (bicyclic) bond motifs is 1. The smallest absolute Gasteiger partial charge is 0.0540 e. The third-order valence-corrected chi connectivity index (χ3v) is 10.2. The van der Waals surface area contributed by atoms with Crippen molar-refractivity contribution < 1.29 is 0 Å². The topological polar surface area (TPSA) is 6.48 Å². The second-order valence-corrected chi connectivity index (χ2v) is 13.5. The molecule has 0 spiro atoms. The Balaban J connectivity index is 1.43. The lowest BCUT2D eigenvalue weighted by molar-refractivity contribution is 0.733. The zero-order valence-corrected chi connectivity index (χ0v) is 31.0. The first-order valence-corrected chi connectivity index (χ1v) is 18.6. The first kappa shape index (κ1) is 35.9. The van der Waals surface area contributed by atoms with E-state index >= 15 is 0 Å². The van der Waals surface area contributed by atoms with Crippen LogP contribution in [0.4, 0.5) is 28.4 Å². The van der Waals surface area contributed by atoms with Crippen LogP contribution in [-0.4, -0.2) is 0 Å². The van der Waals surface area contributed by atoms with Gasteiger partial charge in [-0.15, -0.1) is 0 Å². The highest BCUT2D eigenvalue weighted by molar-refractivity contribution is 6.04. The molecule has 0 radical (unpaired) electrons. The molecule has 6 aromatic rings. The van der Waals surface area contributed by atoms with Gasteiger partial charge in [-0.3, -0.25) is 0 Å². The van der Waals surface area contributed by atoms with Crippen molar-refractivity contribution in [2.24, 2.45) is 0 Å². The zero-order valence-electron chi connectivity index (χ0n) is 31.0. The molecule has 0 aliphatic carbocycles. The molecule has 0 amide bonds. The minimum Gasteiger partial charge on any atom is -0.311 e. The van der Waals surface area contributed by atoms with Crippen LogP contribution in [0, 0.1) is 0 Å². The molecule has 0 heterocycles. The van der Waals surface area contributed by atoms with Crippen molar-refractivity contribution in [3.05, 3.63) is 199 Å². The Labute approximate surface area is 311 Å². The van der Waals surface area contributed by atoms with Crippen LogP contribution >= 0.6 is 0 Å². The molecular weight excluding hydrogens is 629 g/mol. The Hall–Kier alpha value is -5.86. The highest BCUT2D eigenvalue weighted by atomic mass is 15.1. The summed E-state index contributed by atoms with van der Waals surface area (Å²) in [4.78, 5) is 4.59. The van der Waals surface area contributed by atoms with Gasteiger partial charge in [-0.05, 0) is 113 Å². The molecule has 52 heavy (non-hydrogen) atoms. The summed E-state index contributed by atoms with van der Waals surface area (Å²) in [6.45, 7) is 17.6. The van der Waals surface area contributed by atoms with E-state index in [1.54, 1.807) is 0 Å². The van der Waals surface area contributed by atoms with Crippen molar-refractivity contribution in [3.63, 3.8) is 0 Å². The van der Waals surface area contributed by atoms with E-state index in [-0.39, 0.29) is 0 Å². The van der Waals surface area contributed by atoms with E-state index in [9.17, 15) is 0 Å². The largest absolute Gasteiger partial charge is 0.311 e. The van der Waals surface area contributed by atoms with E-state index in [4.69, 9.17) is 0 Å². The molecular formula is C50H50N2. The standard InChI is InChI=1S/C50H50N2/c1-7-10-22-47-42(26-25-39(6)51(43-18-13-11-14-19-43)45-32-27-40(28-33-45)37(4)8-2)31-36-49-48(47)23-17-24-50(49)52(44-20-15-12-16-21-44)46-34-29-41(30-35-46)38(5)9-3/h7,10-38H,1,6,8-9H2,2-5H3/b22-10-,26-25-. The molecule has 6 rings (SSSR count). The number of para-hydroxylation sites is 2. The van der Waals surface area contributed by atoms with Crippen molar-refractivity contribution in [2.75, 3.05) is 9.80 Å². The van der Waals surface area contributed by atoms with Crippen LogP contribution in [0.3, 0.4) is 0 Å². The molecule has 0 saturated heterocycles. The predicted octanol–water partition coefficient (Wildman–Crippen LogP) is 14.9. The minimum atomic E-state index is 0.521. The quantitative estimate of drug-likeness (QED) is 0.106. The fourth-order valence-corrected chi connectivity index (χ4v) is 6.77. The first-order valence-electron chi connectivity index (χ1n) is 18.6. The van der Waals surface area contributed by atoms with Crippen LogP contribution in [0.5, 0.6) is 0 Å². The summed E-state index contributed by atoms with van der Waals surface area (Å²) in [7, 11) is 0. The van der Waals surface area contributed by atoms with Gasteiger partial charge in [0.05, 0.1) is 5.69 Å². The van der Waals surface area contributed by atoms with Crippen molar-refractivity contribution in [2.45, 2.75) is 52.4 Å². The number of benzene rings is 6. The third-order valence-electron chi connectivity index (χ3n) is 10.2. The van der Waals surface area contributed by atoms with Crippen LogP contribution in [0.1, 0.15) is 74.6 Å². The molecule has 0 bridgehead atoms. The van der Waals surface area contributed by atoms with Gasteiger partial charge in [0.2, 0.25) is 0 Å². The fourth-order valence-electron chi connectivity index (χ4n) is 6.77. The molecule has 260 valence electrons. The van der Waals surface area contributed by atoms with E-state index < -0.39 is 0 Å². The Morgan fingerprint density at radius 2 is 1.12 bits per heavy atom. The Kier molecular flexibility index (Phi) is 11.7. The molecule has 2 heteroatoms. The SMILES string of the molecule is C=C/C=C\c1c(/C=C\C(=C)N(c2ccccc2)c2ccc(C(C)CC)cc2)ccc2c(N(c3ccccc3)c3ccc(C(C)CC)cc3)cccc12. The Morgan fingerprint density at radius 3 is 1.69 bits per heavy atom. The summed E-state index contributed by atoms with van der Waals surface area (Å²) in [6, 6.07) is 50.2. The van der Waals surface area contributed by atoms with Gasteiger partial charge in [-0.1, -0.05) is 150 Å². The van der Waals surface area contributed by atoms with E-state index in [1.807, 2.05) is 12.2 Å². The second-order valence-electron chi connectivity index (χ2n) is 13.5. The van der Waals surface area contributed by atoms with Crippen LogP contribution in [0.25, 0.3) is 22.9 Å². The van der Waals surface area contributed by atoms with Gasteiger partial charge in [0.15, 0.2) is 0 Å². The van der Waals surface area contributed by atoms with Gasteiger partial charge < -0.3 is 9.80 Å². The second kappa shape index (κ2) is 16.9. The number of hydrogen-bond donors (Lipinski definition) is 0. The molecule has 2 atom stereocenters. The number of allylic oxidation sites excluding steroid dienone is 3. The van der Waals surface area contributed by atoms with E-state index in [2.05, 4.69) is 208 Å². The lowest BCUT2D eigenvalue weighted by Crippen LogP contribution is -2.14. The summed E-state index contributed by atoms with van der Waals surface area (Å²) < 4.78 is 0. The van der Waals surface area contributed by atoms with E-state index in [0.29, 0.717) is 11.8 Å². The van der Waals surface area contributed by atoms with Crippen molar-refractivity contribution >= 4 is 51.4 Å². The first-order chi connectivity index (χ1) is 25.4. The molecule has 0 aromatic heterocycles. The van der Waals surface area contributed by atoms with Gasteiger partial charge in [-0.25, -0.2) is 0 Å². The maximum Gasteiger partial charge on any atom is 0.0540 e. The summed E-state index contributed by atoms with van der Waals surface area (Å²) in [5, 5.41) is 2.34. The average Bonchev–Trinajstić information content (AvgIpc) is 3.20. The molecule has 6 aromatic carbocycles. The molecule has 2 nitrogen and oxygen atoms in total. The van der Waals surface area contributed by atoms with Crippen LogP contribution < -0.4 is 9.80 Å². The van der Waals surface area contributed by atoms with Gasteiger partial charge >= 0.3 is 0 Å². The van der Waals surface area contributed by atoms with Crippen molar-refractivity contribution in [3.8, 4) is 0 Å². The molecule has 0 saturated carbocycles. The number of nitrogens with zero attached hydrogens (tertiary/aromatic N) is 2. The van der Waals surface area contributed by atoms with Crippen LogP contribution in [0.2, 0.25) is 0 Å².